The molecule has 7 aliphatic heterocycles. The average Bonchev–Trinajstić information content (AvgIpc) is 0.907. The first-order chi connectivity index (χ1) is 47.3. The lowest BCUT2D eigenvalue weighted by Crippen LogP contribution is -2.70. The lowest BCUT2D eigenvalue weighted by molar-refractivity contribution is -0.386. The Bertz CT molecular complexity index is 2900. The van der Waals surface area contributed by atoms with E-state index in [1.165, 1.54) is 6.92 Å². The highest BCUT2D eigenvalue weighted by Gasteiger charge is 2.73. The Kier molecular flexibility index (Phi) is 22.6. The number of carbonyl (C=O) groups is 1. The highest BCUT2D eigenvalue weighted by atomic mass is 16.8. The van der Waals surface area contributed by atoms with Gasteiger partial charge in [-0.15, -0.1) is 0 Å². The first kappa shape index (κ1) is 78.5. The Morgan fingerprint density at radius 3 is 1.72 bits per heavy atom. The molecular weight excluding hydrogens is 1350 g/mol. The molecule has 4 saturated carbocycles. The summed E-state index contributed by atoms with van der Waals surface area (Å²) in [7, 11) is 0. The molecule has 7 heterocycles. The van der Waals surface area contributed by atoms with Gasteiger partial charge in [0.1, 0.15) is 127 Å². The van der Waals surface area contributed by atoms with Gasteiger partial charge < -0.3 is 163 Å². The molecule has 39 atom stereocenters. The molecule has 0 aromatic carbocycles. The summed E-state index contributed by atoms with van der Waals surface area (Å²) in [4.78, 5) is 15.8. The summed E-state index contributed by atoms with van der Waals surface area (Å²) < 4.78 is 83.2. The lowest BCUT2D eigenvalue weighted by atomic mass is 9.33. The zero-order valence-electron chi connectivity index (χ0n) is 57.9. The first-order valence-corrected chi connectivity index (χ1v) is 35.4. The van der Waals surface area contributed by atoms with Crippen LogP contribution in [0.4, 0.5) is 0 Å². The van der Waals surface area contributed by atoms with Crippen LogP contribution < -0.4 is 0 Å². The molecule has 39 unspecified atom stereocenters. The van der Waals surface area contributed by atoms with Gasteiger partial charge in [-0.1, -0.05) is 60.1 Å². The molecule has 19 N–H and O–H groups in total. The molecule has 11 fully saturated rings. The molecule has 5 aliphatic carbocycles. The molecule has 34 heteroatoms. The monoisotopic (exact) mass is 1460 g/mol. The van der Waals surface area contributed by atoms with E-state index in [1.807, 2.05) is 13.8 Å². The molecule has 0 amide bonds. The largest absolute Gasteiger partial charge is 0.432 e. The quantitative estimate of drug-likeness (QED) is 0.0388. The molecule has 0 bridgehead atoms. The molecule has 34 nitrogen and oxygen atoms in total. The normalized spacial score (nSPS) is 55.1. The third-order valence-electron chi connectivity index (χ3n) is 25.8. The number of hydrogen-bond acceptors (Lipinski definition) is 34. The standard InChI is InChI=1S/C67H108O34/c1-25-47(96-55-45(83)48(32(73)21-90-55)97-54-43(81)38(76)30(71)19-89-54)49(98-59-51(85)66(87,23-68)24-93-59)46(84)57(94-25)99-50-39(77)31(72)20-91-58(50)101-60(86)67-14-13-61(2,3)15-27(67)26-9-10-35-63(6)16-28(69)52(62(4,5)34(63)11-12-64(35,7)65(26,8)17-36(67)74)100-56-44(82)41(79)40(78)33(95-56)22-92-53-42(80)37(75)29(70)18-88-53/h9,25,27-59,68-85,87H,10-24H2,1-8H3. The van der Waals surface area contributed by atoms with Crippen LogP contribution in [0, 0.1) is 50.2 Å². The Hall–Kier alpha value is -2.07. The van der Waals surface area contributed by atoms with Crippen LogP contribution in [0.1, 0.15) is 107 Å². The predicted molar refractivity (Wildman–Crippen MR) is 332 cm³/mol. The molecule has 12 aliphatic rings. The summed E-state index contributed by atoms with van der Waals surface area (Å²) in [5, 5.41) is 211. The maximum Gasteiger partial charge on any atom is 0.317 e. The highest BCUT2D eigenvalue weighted by molar-refractivity contribution is 5.80. The number of aliphatic hydroxyl groups is 19. The number of esters is 1. The van der Waals surface area contributed by atoms with Crippen LogP contribution in [-0.4, -0.2) is 345 Å². The molecule has 580 valence electrons. The summed E-state index contributed by atoms with van der Waals surface area (Å²) in [6, 6.07) is 0. The Morgan fingerprint density at radius 1 is 0.515 bits per heavy atom. The number of allylic oxidation sites excluding steroid dienone is 2. The van der Waals surface area contributed by atoms with Crippen molar-refractivity contribution in [3.63, 3.8) is 0 Å². The van der Waals surface area contributed by atoms with Gasteiger partial charge in [0.25, 0.3) is 0 Å². The lowest BCUT2D eigenvalue weighted by Gasteiger charge is -2.72. The van der Waals surface area contributed by atoms with E-state index in [1.54, 1.807) is 0 Å². The van der Waals surface area contributed by atoms with Crippen molar-refractivity contribution >= 4 is 5.97 Å². The maximum absolute atomic E-state index is 15.8. The topological polar surface area (TPSA) is 531 Å². The van der Waals surface area contributed by atoms with E-state index >= 15 is 4.79 Å². The van der Waals surface area contributed by atoms with E-state index in [0.717, 1.165) is 5.57 Å². The average molecular weight is 1460 g/mol. The van der Waals surface area contributed by atoms with Gasteiger partial charge in [-0.05, 0) is 103 Å². The third-order valence-corrected chi connectivity index (χ3v) is 25.8. The van der Waals surface area contributed by atoms with Crippen LogP contribution in [0.25, 0.3) is 0 Å². The highest BCUT2D eigenvalue weighted by Crippen LogP contribution is 2.76. The summed E-state index contributed by atoms with van der Waals surface area (Å²) in [5.41, 5.74) is -6.06. The summed E-state index contributed by atoms with van der Waals surface area (Å²) >= 11 is 0. The minimum Gasteiger partial charge on any atom is -0.432 e. The Labute approximate surface area is 583 Å². The minimum absolute atomic E-state index is 0.0948. The number of aliphatic hydroxyl groups excluding tert-OH is 18. The predicted octanol–water partition coefficient (Wildman–Crippen LogP) is -6.40. The molecule has 0 spiro atoms. The van der Waals surface area contributed by atoms with Gasteiger partial charge in [0.15, 0.2) is 43.8 Å². The van der Waals surface area contributed by atoms with Gasteiger partial charge in [-0.2, -0.15) is 0 Å². The summed E-state index contributed by atoms with van der Waals surface area (Å²) in [6.45, 7) is 12.0. The molecular formula is C67H108O34. The number of rotatable bonds is 16. The minimum atomic E-state index is -2.25. The van der Waals surface area contributed by atoms with Crippen molar-refractivity contribution in [2.45, 2.75) is 303 Å². The van der Waals surface area contributed by atoms with Gasteiger partial charge in [-0.25, -0.2) is 0 Å². The molecule has 0 aromatic heterocycles. The van der Waals surface area contributed by atoms with Gasteiger partial charge in [0.2, 0.25) is 6.29 Å². The van der Waals surface area contributed by atoms with E-state index in [0.29, 0.717) is 32.1 Å². The third kappa shape index (κ3) is 13.5. The molecule has 0 radical (unpaired) electrons. The zero-order chi connectivity index (χ0) is 73.5. The first-order valence-electron chi connectivity index (χ1n) is 35.4. The zero-order valence-corrected chi connectivity index (χ0v) is 57.9. The number of hydrogen-bond donors (Lipinski definition) is 19. The number of carbonyl (C=O) groups excluding carboxylic acids is 1. The van der Waals surface area contributed by atoms with Crippen molar-refractivity contribution in [3.8, 4) is 0 Å². The van der Waals surface area contributed by atoms with Gasteiger partial charge in [0, 0.05) is 0 Å². The van der Waals surface area contributed by atoms with Crippen LogP contribution in [0.5, 0.6) is 0 Å². The van der Waals surface area contributed by atoms with Crippen LogP contribution in [-0.2, 0) is 71.1 Å². The Morgan fingerprint density at radius 2 is 1.07 bits per heavy atom. The number of fused-ring (bicyclic) bond motifs is 7. The van der Waals surface area contributed by atoms with Crippen molar-refractivity contribution in [1.29, 1.82) is 0 Å². The fraction of sp³-hybridized carbons (Fsp3) is 0.955. The van der Waals surface area contributed by atoms with Crippen molar-refractivity contribution in [1.82, 2.24) is 0 Å². The molecule has 0 aromatic rings. The van der Waals surface area contributed by atoms with Gasteiger partial charge in [0.05, 0.1) is 70.7 Å². The van der Waals surface area contributed by atoms with Gasteiger partial charge in [-0.3, -0.25) is 4.79 Å². The van der Waals surface area contributed by atoms with Crippen molar-refractivity contribution in [2.75, 3.05) is 46.2 Å². The van der Waals surface area contributed by atoms with E-state index in [-0.39, 0.29) is 43.1 Å². The van der Waals surface area contributed by atoms with Crippen LogP contribution in [0.3, 0.4) is 0 Å². The van der Waals surface area contributed by atoms with Crippen molar-refractivity contribution in [3.05, 3.63) is 11.6 Å². The molecule has 101 heavy (non-hydrogen) atoms. The fourth-order valence-electron chi connectivity index (χ4n) is 19.7. The molecule has 12 rings (SSSR count). The Balaban J connectivity index is 0.767. The van der Waals surface area contributed by atoms with Crippen LogP contribution in [0.15, 0.2) is 11.6 Å². The van der Waals surface area contributed by atoms with Crippen molar-refractivity contribution in [2.24, 2.45) is 50.2 Å². The smallest absolute Gasteiger partial charge is 0.317 e. The summed E-state index contributed by atoms with van der Waals surface area (Å²) in [6.07, 6.45) is -45.9. The second kappa shape index (κ2) is 29.1. The maximum atomic E-state index is 15.8. The van der Waals surface area contributed by atoms with Crippen LogP contribution >= 0.6 is 0 Å². The van der Waals surface area contributed by atoms with E-state index in [9.17, 15) is 97.0 Å². The fourth-order valence-corrected chi connectivity index (χ4v) is 19.7. The number of ether oxygens (including phenoxy) is 14. The second-order valence-electron chi connectivity index (χ2n) is 32.9. The van der Waals surface area contributed by atoms with Gasteiger partial charge >= 0.3 is 5.97 Å². The van der Waals surface area contributed by atoms with E-state index in [2.05, 4.69) is 40.7 Å². The van der Waals surface area contributed by atoms with E-state index in [4.69, 9.17) is 66.3 Å². The van der Waals surface area contributed by atoms with E-state index < -0.39 is 275 Å². The van der Waals surface area contributed by atoms with Crippen LogP contribution in [0.2, 0.25) is 0 Å². The second-order valence-corrected chi connectivity index (χ2v) is 32.9. The molecule has 7 saturated heterocycles. The van der Waals surface area contributed by atoms with Crippen molar-refractivity contribution < 1.29 is 168 Å². The SMILES string of the molecule is CC1OC(OC2C(OC(=O)C34CCC(C)(C)CC3C3=CCC5C6(C)CC(O)C(OC7OC(COC8OCC(O)C(O)C8O)C(O)C(O)C7O)C(C)(C)C6CCC5(C)C3(C)CC4O)OCC(O)C2O)C(O)C(OC2OCC(O)(CO)C2O)C1OC1OCC(O)C(OC2OCC(O)C(O)C2O)C1O. The summed E-state index contributed by atoms with van der Waals surface area (Å²) in [5.74, 6) is -1.78.